The fraction of sp³-hybridized carbons (Fsp3) is 0.462. The molecule has 19 heavy (non-hydrogen) atoms. The standard InChI is InChI=1S/C13H20N4O2/c1-14-9-5-4-6-10-11(9)13(15-2,16-3)12(19)17(10)7-8-18/h4-6,14-16,18H,7-8H2,1-3H3. The number of nitrogens with one attached hydrogen (secondary N) is 3. The predicted octanol–water partition coefficient (Wildman–Crippen LogP) is -0.341. The van der Waals surface area contributed by atoms with Crippen molar-refractivity contribution in [2.24, 2.45) is 0 Å². The molecule has 1 aromatic rings. The topological polar surface area (TPSA) is 76.6 Å². The van der Waals surface area contributed by atoms with Gasteiger partial charge in [-0.05, 0) is 26.2 Å². The molecular weight excluding hydrogens is 244 g/mol. The van der Waals surface area contributed by atoms with E-state index in [2.05, 4.69) is 16.0 Å². The Labute approximate surface area is 112 Å². The molecule has 0 spiro atoms. The highest BCUT2D eigenvalue weighted by Crippen LogP contribution is 2.42. The van der Waals surface area contributed by atoms with Crippen LogP contribution in [0.1, 0.15) is 5.56 Å². The summed E-state index contributed by atoms with van der Waals surface area (Å²) in [5.74, 6) is -0.107. The van der Waals surface area contributed by atoms with Crippen molar-refractivity contribution in [3.63, 3.8) is 0 Å². The minimum absolute atomic E-state index is 0.0710. The van der Waals surface area contributed by atoms with E-state index in [-0.39, 0.29) is 19.1 Å². The van der Waals surface area contributed by atoms with Gasteiger partial charge in [0.25, 0.3) is 5.91 Å². The zero-order valence-corrected chi connectivity index (χ0v) is 11.4. The molecule has 6 nitrogen and oxygen atoms in total. The van der Waals surface area contributed by atoms with Gasteiger partial charge in [-0.3, -0.25) is 15.4 Å². The summed E-state index contributed by atoms with van der Waals surface area (Å²) in [5, 5.41) is 18.4. The van der Waals surface area contributed by atoms with Gasteiger partial charge < -0.3 is 15.3 Å². The first-order valence-corrected chi connectivity index (χ1v) is 6.28. The zero-order chi connectivity index (χ0) is 14.0. The van der Waals surface area contributed by atoms with Crippen molar-refractivity contribution in [1.29, 1.82) is 0 Å². The number of aliphatic hydroxyl groups is 1. The Morgan fingerprint density at radius 1 is 1.26 bits per heavy atom. The van der Waals surface area contributed by atoms with E-state index < -0.39 is 5.66 Å². The Hall–Kier alpha value is -1.63. The molecule has 0 bridgehead atoms. The van der Waals surface area contributed by atoms with E-state index >= 15 is 0 Å². The fourth-order valence-corrected chi connectivity index (χ4v) is 2.70. The third kappa shape index (κ3) is 1.80. The first-order valence-electron chi connectivity index (χ1n) is 6.28. The van der Waals surface area contributed by atoms with Crippen molar-refractivity contribution in [2.45, 2.75) is 5.66 Å². The number of fused-ring (bicyclic) bond motifs is 1. The smallest absolute Gasteiger partial charge is 0.267 e. The number of benzene rings is 1. The second-order valence-electron chi connectivity index (χ2n) is 4.38. The highest BCUT2D eigenvalue weighted by molar-refractivity contribution is 6.09. The number of carbonyl (C=O) groups excluding carboxylic acids is 1. The lowest BCUT2D eigenvalue weighted by atomic mass is 9.99. The molecule has 104 valence electrons. The number of β-amino-alcohol motifs (C(OH)–C–C–N with tert-alkyl or cyclic N) is 1. The predicted molar refractivity (Wildman–Crippen MR) is 75.2 cm³/mol. The maximum absolute atomic E-state index is 12.7. The van der Waals surface area contributed by atoms with Gasteiger partial charge in [-0.15, -0.1) is 0 Å². The van der Waals surface area contributed by atoms with Gasteiger partial charge in [0.2, 0.25) is 0 Å². The van der Waals surface area contributed by atoms with Gasteiger partial charge in [-0.25, -0.2) is 0 Å². The van der Waals surface area contributed by atoms with Crippen LogP contribution in [0.5, 0.6) is 0 Å². The SMILES string of the molecule is CNc1cccc2c1C(NC)(NC)C(=O)N2CCO. The number of hydrogen-bond acceptors (Lipinski definition) is 5. The van der Waals surface area contributed by atoms with Gasteiger partial charge in [-0.2, -0.15) is 0 Å². The summed E-state index contributed by atoms with van der Waals surface area (Å²) in [7, 11) is 5.31. The van der Waals surface area contributed by atoms with Crippen molar-refractivity contribution in [2.75, 3.05) is 44.5 Å². The van der Waals surface area contributed by atoms with Gasteiger partial charge >= 0.3 is 0 Å². The van der Waals surface area contributed by atoms with Crippen molar-refractivity contribution >= 4 is 17.3 Å². The van der Waals surface area contributed by atoms with Crippen LogP contribution in [0.3, 0.4) is 0 Å². The molecule has 0 aliphatic carbocycles. The molecule has 0 fully saturated rings. The number of nitrogens with zero attached hydrogens (tertiary/aromatic N) is 1. The lowest BCUT2D eigenvalue weighted by molar-refractivity contribution is -0.125. The van der Waals surface area contributed by atoms with E-state index in [9.17, 15) is 4.79 Å². The Morgan fingerprint density at radius 3 is 2.47 bits per heavy atom. The maximum Gasteiger partial charge on any atom is 0.267 e. The maximum atomic E-state index is 12.7. The molecule has 0 unspecified atom stereocenters. The van der Waals surface area contributed by atoms with E-state index in [1.165, 1.54) is 0 Å². The van der Waals surface area contributed by atoms with Gasteiger partial charge in [0.1, 0.15) is 0 Å². The summed E-state index contributed by atoms with van der Waals surface area (Å²) in [6, 6.07) is 5.71. The Balaban J connectivity index is 2.67. The molecule has 4 N–H and O–H groups in total. The minimum atomic E-state index is -0.954. The average molecular weight is 264 g/mol. The third-order valence-electron chi connectivity index (χ3n) is 3.62. The van der Waals surface area contributed by atoms with Crippen molar-refractivity contribution in [3.05, 3.63) is 23.8 Å². The number of aliphatic hydroxyl groups excluding tert-OH is 1. The number of rotatable bonds is 5. The van der Waals surface area contributed by atoms with Gasteiger partial charge in [0, 0.05) is 24.8 Å². The van der Waals surface area contributed by atoms with Crippen molar-refractivity contribution < 1.29 is 9.90 Å². The fourth-order valence-electron chi connectivity index (χ4n) is 2.70. The second kappa shape index (κ2) is 5.16. The van der Waals surface area contributed by atoms with Crippen molar-refractivity contribution in [1.82, 2.24) is 10.6 Å². The molecule has 1 heterocycles. The highest BCUT2D eigenvalue weighted by atomic mass is 16.3. The summed E-state index contributed by atoms with van der Waals surface area (Å²) in [6.45, 7) is 0.211. The van der Waals surface area contributed by atoms with E-state index in [4.69, 9.17) is 5.11 Å². The highest BCUT2D eigenvalue weighted by Gasteiger charge is 2.50. The van der Waals surface area contributed by atoms with Crippen molar-refractivity contribution in [3.8, 4) is 0 Å². The first kappa shape index (κ1) is 13.8. The summed E-state index contributed by atoms with van der Waals surface area (Å²) >= 11 is 0. The number of amides is 1. The third-order valence-corrected chi connectivity index (χ3v) is 3.62. The first-order chi connectivity index (χ1) is 9.16. The summed E-state index contributed by atoms with van der Waals surface area (Å²) in [4.78, 5) is 14.3. The van der Waals surface area contributed by atoms with E-state index in [0.29, 0.717) is 0 Å². The molecule has 0 atom stereocenters. The largest absolute Gasteiger partial charge is 0.395 e. The number of anilines is 2. The molecule has 1 aliphatic rings. The average Bonchev–Trinajstić information content (AvgIpc) is 2.69. The minimum Gasteiger partial charge on any atom is -0.395 e. The Morgan fingerprint density at radius 2 is 1.95 bits per heavy atom. The Kier molecular flexibility index (Phi) is 3.75. The van der Waals surface area contributed by atoms with Crippen LogP contribution in [0.15, 0.2) is 18.2 Å². The molecule has 0 saturated carbocycles. The normalized spacial score (nSPS) is 16.6. The van der Waals surface area contributed by atoms with E-state index in [0.717, 1.165) is 16.9 Å². The molecule has 0 aromatic heterocycles. The van der Waals surface area contributed by atoms with E-state index in [1.54, 1.807) is 19.0 Å². The quantitative estimate of drug-likeness (QED) is 0.547. The second-order valence-corrected chi connectivity index (χ2v) is 4.38. The monoisotopic (exact) mass is 264 g/mol. The summed E-state index contributed by atoms with van der Waals surface area (Å²) in [6.07, 6.45) is 0. The van der Waals surface area contributed by atoms with Gasteiger partial charge in [-0.1, -0.05) is 6.07 Å². The lowest BCUT2D eigenvalue weighted by Crippen LogP contribution is -2.58. The molecule has 1 amide bonds. The van der Waals surface area contributed by atoms with Crippen LogP contribution in [0, 0.1) is 0 Å². The molecule has 2 rings (SSSR count). The van der Waals surface area contributed by atoms with Crippen LogP contribution in [0.25, 0.3) is 0 Å². The van der Waals surface area contributed by atoms with Crippen LogP contribution < -0.4 is 20.9 Å². The molecule has 1 aliphatic heterocycles. The van der Waals surface area contributed by atoms with Gasteiger partial charge in [0.05, 0.1) is 12.3 Å². The Bertz CT molecular complexity index is 486. The van der Waals surface area contributed by atoms with Crippen LogP contribution >= 0.6 is 0 Å². The number of likely N-dealkylation sites (N-methyl/N-ethyl adjacent to an activating group) is 2. The van der Waals surface area contributed by atoms with Crippen LogP contribution in [-0.2, 0) is 10.5 Å². The molecule has 0 saturated heterocycles. The molecule has 1 aromatic carbocycles. The zero-order valence-electron chi connectivity index (χ0n) is 11.4. The lowest BCUT2D eigenvalue weighted by Gasteiger charge is -2.28. The molecule has 6 heteroatoms. The van der Waals surface area contributed by atoms with Gasteiger partial charge in [0.15, 0.2) is 5.66 Å². The molecule has 0 radical (unpaired) electrons. The molecular formula is C13H20N4O2. The summed E-state index contributed by atoms with van der Waals surface area (Å²) in [5.41, 5.74) is 1.61. The van der Waals surface area contributed by atoms with Crippen LogP contribution in [0.4, 0.5) is 11.4 Å². The summed E-state index contributed by atoms with van der Waals surface area (Å²) < 4.78 is 0. The number of carbonyl (C=O) groups is 1. The number of hydrogen-bond donors (Lipinski definition) is 4. The van der Waals surface area contributed by atoms with Crippen LogP contribution in [-0.4, -0.2) is 45.3 Å². The van der Waals surface area contributed by atoms with E-state index in [1.807, 2.05) is 25.2 Å². The van der Waals surface area contributed by atoms with Crippen LogP contribution in [0.2, 0.25) is 0 Å².